The number of hydrogen-bond donors (Lipinski definition) is 2. The zero-order valence-electron chi connectivity index (χ0n) is 10.7. The van der Waals surface area contributed by atoms with Gasteiger partial charge in [0.1, 0.15) is 5.82 Å². The van der Waals surface area contributed by atoms with Crippen molar-refractivity contribution in [2.75, 3.05) is 18.6 Å². The fourth-order valence-corrected chi connectivity index (χ4v) is 1.37. The second-order valence-electron chi connectivity index (χ2n) is 4.29. The van der Waals surface area contributed by atoms with E-state index in [0.29, 0.717) is 10.8 Å². The molecule has 1 rings (SSSR count). The van der Waals surface area contributed by atoms with Crippen molar-refractivity contribution < 1.29 is 9.90 Å². The topological polar surface area (TPSA) is 65.5 Å². The lowest BCUT2D eigenvalue weighted by Gasteiger charge is -2.23. The summed E-state index contributed by atoms with van der Waals surface area (Å²) in [5.74, 6) is 0.515. The Kier molecular flexibility index (Phi) is 5.37. The molecular weight excluding hydrogens is 254 g/mol. The van der Waals surface area contributed by atoms with Crippen LogP contribution in [0.5, 0.6) is 0 Å². The Labute approximate surface area is 112 Å². The van der Waals surface area contributed by atoms with Crippen molar-refractivity contribution in [3.05, 3.63) is 23.4 Å². The van der Waals surface area contributed by atoms with Crippen LogP contribution in [0.15, 0.2) is 18.3 Å². The maximum Gasteiger partial charge on any atom is 0.323 e. The van der Waals surface area contributed by atoms with E-state index in [2.05, 4.69) is 10.3 Å². The molecule has 1 heterocycles. The number of hydrogen-bond acceptors (Lipinski definition) is 3. The van der Waals surface area contributed by atoms with Crippen LogP contribution < -0.4 is 10.2 Å². The largest absolute Gasteiger partial charge is 0.396 e. The molecule has 100 valence electrons. The van der Waals surface area contributed by atoms with Gasteiger partial charge in [0.2, 0.25) is 0 Å². The van der Waals surface area contributed by atoms with E-state index in [-0.39, 0.29) is 24.6 Å². The van der Waals surface area contributed by atoms with Gasteiger partial charge in [-0.1, -0.05) is 18.5 Å². The second kappa shape index (κ2) is 6.56. The average Bonchev–Trinajstić information content (AvgIpc) is 2.37. The number of halogens is 1. The molecule has 0 aliphatic heterocycles. The molecule has 0 aliphatic carbocycles. The summed E-state index contributed by atoms with van der Waals surface area (Å²) in [6, 6.07) is 2.96. The Morgan fingerprint density at radius 1 is 1.56 bits per heavy atom. The third kappa shape index (κ3) is 3.85. The first-order valence-electron chi connectivity index (χ1n) is 5.72. The molecule has 0 bridgehead atoms. The molecule has 2 atom stereocenters. The number of carbonyl (C=O) groups excluding carboxylic acids is 1. The maximum absolute atomic E-state index is 11.9. The number of rotatable bonds is 4. The second-order valence-corrected chi connectivity index (χ2v) is 4.73. The van der Waals surface area contributed by atoms with Crippen LogP contribution in [0.25, 0.3) is 0 Å². The highest BCUT2D eigenvalue weighted by Gasteiger charge is 2.17. The van der Waals surface area contributed by atoms with Gasteiger partial charge in [-0.15, -0.1) is 0 Å². The zero-order valence-corrected chi connectivity index (χ0v) is 11.5. The van der Waals surface area contributed by atoms with Crippen LogP contribution in [0.4, 0.5) is 10.6 Å². The van der Waals surface area contributed by atoms with E-state index in [0.717, 1.165) is 0 Å². The smallest absolute Gasteiger partial charge is 0.323 e. The van der Waals surface area contributed by atoms with Crippen molar-refractivity contribution in [2.24, 2.45) is 5.92 Å². The molecule has 0 aromatic carbocycles. The molecule has 5 nitrogen and oxygen atoms in total. The molecule has 0 saturated heterocycles. The zero-order chi connectivity index (χ0) is 13.7. The highest BCUT2D eigenvalue weighted by atomic mass is 35.5. The molecular formula is C12H18ClN3O2. The van der Waals surface area contributed by atoms with Gasteiger partial charge in [-0.05, 0) is 25.0 Å². The Bertz CT molecular complexity index is 397. The van der Waals surface area contributed by atoms with Crippen LogP contribution in [0.3, 0.4) is 0 Å². The minimum absolute atomic E-state index is 0.000488. The summed E-state index contributed by atoms with van der Waals surface area (Å²) >= 11 is 5.73. The molecule has 0 radical (unpaired) electrons. The van der Waals surface area contributed by atoms with E-state index in [1.54, 1.807) is 19.2 Å². The number of anilines is 1. The normalized spacial score (nSPS) is 13.8. The lowest BCUT2D eigenvalue weighted by atomic mass is 10.1. The number of carbonyl (C=O) groups is 1. The van der Waals surface area contributed by atoms with Crippen LogP contribution in [-0.2, 0) is 0 Å². The Morgan fingerprint density at radius 3 is 2.72 bits per heavy atom. The molecule has 6 heteroatoms. The van der Waals surface area contributed by atoms with Crippen LogP contribution in [0.1, 0.15) is 13.8 Å². The molecule has 18 heavy (non-hydrogen) atoms. The van der Waals surface area contributed by atoms with E-state index in [4.69, 9.17) is 16.7 Å². The number of pyridine rings is 1. The van der Waals surface area contributed by atoms with E-state index < -0.39 is 0 Å². The van der Waals surface area contributed by atoms with Crippen molar-refractivity contribution in [1.29, 1.82) is 0 Å². The molecule has 1 aromatic heterocycles. The number of aliphatic hydroxyl groups excluding tert-OH is 1. The number of amides is 2. The summed E-state index contributed by atoms with van der Waals surface area (Å²) in [5.41, 5.74) is 0. The Balaban J connectivity index is 2.64. The van der Waals surface area contributed by atoms with Gasteiger partial charge in [-0.25, -0.2) is 9.78 Å². The highest BCUT2D eigenvalue weighted by Crippen LogP contribution is 2.13. The number of aromatic nitrogens is 1. The van der Waals surface area contributed by atoms with Crippen molar-refractivity contribution in [2.45, 2.75) is 19.9 Å². The number of aliphatic hydroxyl groups is 1. The predicted molar refractivity (Wildman–Crippen MR) is 71.9 cm³/mol. The molecule has 1 aromatic rings. The first-order valence-corrected chi connectivity index (χ1v) is 6.10. The van der Waals surface area contributed by atoms with Crippen LogP contribution >= 0.6 is 11.6 Å². The first kappa shape index (κ1) is 14.7. The fraction of sp³-hybridized carbons (Fsp3) is 0.500. The van der Waals surface area contributed by atoms with Crippen molar-refractivity contribution >= 4 is 23.4 Å². The molecule has 0 spiro atoms. The average molecular weight is 272 g/mol. The van der Waals surface area contributed by atoms with Gasteiger partial charge in [0, 0.05) is 25.9 Å². The quantitative estimate of drug-likeness (QED) is 0.879. The standard InChI is InChI=1S/C12H18ClN3O2/c1-8(7-17)9(2)15-12(18)16(3)11-5-4-10(13)6-14-11/h4-6,8-9,17H,7H2,1-3H3,(H,15,18). The van der Waals surface area contributed by atoms with E-state index in [1.165, 1.54) is 11.1 Å². The molecule has 0 aliphatic rings. The molecule has 2 amide bonds. The van der Waals surface area contributed by atoms with Gasteiger partial charge in [0.15, 0.2) is 0 Å². The number of nitrogens with zero attached hydrogens (tertiary/aromatic N) is 2. The van der Waals surface area contributed by atoms with Crippen molar-refractivity contribution in [1.82, 2.24) is 10.3 Å². The van der Waals surface area contributed by atoms with E-state index in [1.807, 2.05) is 13.8 Å². The monoisotopic (exact) mass is 271 g/mol. The van der Waals surface area contributed by atoms with Crippen molar-refractivity contribution in [3.8, 4) is 0 Å². The minimum atomic E-state index is -0.266. The van der Waals surface area contributed by atoms with Crippen LogP contribution in [-0.4, -0.2) is 35.8 Å². The summed E-state index contributed by atoms with van der Waals surface area (Å²) < 4.78 is 0. The summed E-state index contributed by atoms with van der Waals surface area (Å²) in [4.78, 5) is 17.4. The van der Waals surface area contributed by atoms with Crippen LogP contribution in [0.2, 0.25) is 5.02 Å². The molecule has 0 fully saturated rings. The van der Waals surface area contributed by atoms with Crippen molar-refractivity contribution in [3.63, 3.8) is 0 Å². The van der Waals surface area contributed by atoms with E-state index in [9.17, 15) is 4.79 Å². The first-order chi connectivity index (χ1) is 8.45. The lowest BCUT2D eigenvalue weighted by molar-refractivity contribution is 0.203. The van der Waals surface area contributed by atoms with Gasteiger partial charge in [-0.3, -0.25) is 4.90 Å². The summed E-state index contributed by atoms with van der Waals surface area (Å²) in [7, 11) is 1.63. The SMILES string of the molecule is CC(CO)C(C)NC(=O)N(C)c1ccc(Cl)cn1. The fourth-order valence-electron chi connectivity index (χ4n) is 1.26. The van der Waals surface area contributed by atoms with Gasteiger partial charge in [-0.2, -0.15) is 0 Å². The third-order valence-corrected chi connectivity index (χ3v) is 3.08. The molecule has 2 unspecified atom stereocenters. The Hall–Kier alpha value is -1.33. The van der Waals surface area contributed by atoms with Crippen LogP contribution in [0, 0.1) is 5.92 Å². The lowest BCUT2D eigenvalue weighted by Crippen LogP contribution is -2.45. The maximum atomic E-state index is 11.9. The summed E-state index contributed by atoms with van der Waals surface area (Å²) in [6.07, 6.45) is 1.49. The number of urea groups is 1. The Morgan fingerprint density at radius 2 is 2.22 bits per heavy atom. The van der Waals surface area contributed by atoms with Gasteiger partial charge >= 0.3 is 6.03 Å². The summed E-state index contributed by atoms with van der Waals surface area (Å²) in [6.45, 7) is 3.75. The van der Waals surface area contributed by atoms with Gasteiger partial charge < -0.3 is 10.4 Å². The highest BCUT2D eigenvalue weighted by molar-refractivity contribution is 6.30. The predicted octanol–water partition coefficient (Wildman–Crippen LogP) is 1.90. The number of nitrogens with one attached hydrogen (secondary N) is 1. The molecule has 0 saturated carbocycles. The molecule has 2 N–H and O–H groups in total. The third-order valence-electron chi connectivity index (χ3n) is 2.85. The van der Waals surface area contributed by atoms with Gasteiger partial charge in [0.25, 0.3) is 0 Å². The minimum Gasteiger partial charge on any atom is -0.396 e. The van der Waals surface area contributed by atoms with Gasteiger partial charge in [0.05, 0.1) is 5.02 Å². The van der Waals surface area contributed by atoms with E-state index >= 15 is 0 Å². The summed E-state index contributed by atoms with van der Waals surface area (Å²) in [5, 5.41) is 12.3.